The van der Waals surface area contributed by atoms with Gasteiger partial charge in [0.2, 0.25) is 0 Å². The summed E-state index contributed by atoms with van der Waals surface area (Å²) >= 11 is 0. The fraction of sp³-hybridized carbons (Fsp3) is 0. The number of benzene rings is 8. The van der Waals surface area contributed by atoms with Gasteiger partial charge in [-0.15, -0.1) is 0 Å². The van der Waals surface area contributed by atoms with Crippen LogP contribution in [0.2, 0.25) is 0 Å². The van der Waals surface area contributed by atoms with Crippen LogP contribution in [0.1, 0.15) is 0 Å². The number of nitrogens with zero attached hydrogens (tertiary/aromatic N) is 2. The number of fused-ring (bicyclic) bond motifs is 13. The molecule has 0 bridgehead atoms. The zero-order valence-corrected chi connectivity index (χ0v) is 23.9. The largest absolute Gasteiger partial charge is 0.309 e. The fourth-order valence-corrected chi connectivity index (χ4v) is 7.68. The molecule has 0 fully saturated rings. The average molecular weight is 559 g/mol. The summed E-state index contributed by atoms with van der Waals surface area (Å²) < 4.78 is 4.90. The molecule has 8 aromatic carbocycles. The summed E-state index contributed by atoms with van der Waals surface area (Å²) in [6.45, 7) is 0. The lowest BCUT2D eigenvalue weighted by Gasteiger charge is -2.15. The maximum absolute atomic E-state index is 2.49. The van der Waals surface area contributed by atoms with E-state index in [1.807, 2.05) is 0 Å². The van der Waals surface area contributed by atoms with E-state index >= 15 is 0 Å². The van der Waals surface area contributed by atoms with E-state index in [4.69, 9.17) is 0 Å². The molecule has 0 aliphatic heterocycles. The van der Waals surface area contributed by atoms with Crippen molar-refractivity contribution in [3.05, 3.63) is 158 Å². The van der Waals surface area contributed by atoms with E-state index in [0.717, 1.165) is 11.4 Å². The van der Waals surface area contributed by atoms with Gasteiger partial charge >= 0.3 is 0 Å². The number of aromatic nitrogens is 2. The Hall–Kier alpha value is -5.86. The molecule has 0 atom stereocenters. The van der Waals surface area contributed by atoms with Gasteiger partial charge in [0.15, 0.2) is 0 Å². The summed E-state index contributed by atoms with van der Waals surface area (Å²) in [5.74, 6) is 0. The molecule has 0 unspecified atom stereocenters. The van der Waals surface area contributed by atoms with E-state index in [1.165, 1.54) is 75.9 Å². The second kappa shape index (κ2) is 8.82. The van der Waals surface area contributed by atoms with Crippen molar-refractivity contribution in [3.63, 3.8) is 0 Å². The summed E-state index contributed by atoms with van der Waals surface area (Å²) in [6.07, 6.45) is 0. The molecular formula is C42H26N2. The summed E-state index contributed by atoms with van der Waals surface area (Å²) in [7, 11) is 0. The molecule has 0 spiro atoms. The third-order valence-corrected chi connectivity index (χ3v) is 9.45. The van der Waals surface area contributed by atoms with Crippen molar-refractivity contribution in [2.75, 3.05) is 0 Å². The van der Waals surface area contributed by atoms with E-state index in [0.29, 0.717) is 0 Å². The van der Waals surface area contributed by atoms with Crippen LogP contribution in [-0.4, -0.2) is 9.13 Å². The zero-order chi connectivity index (χ0) is 28.8. The van der Waals surface area contributed by atoms with Gasteiger partial charge in [0.1, 0.15) is 0 Å². The minimum Gasteiger partial charge on any atom is -0.309 e. The van der Waals surface area contributed by atoms with Crippen molar-refractivity contribution < 1.29 is 0 Å². The highest BCUT2D eigenvalue weighted by molar-refractivity contribution is 6.36. The lowest BCUT2D eigenvalue weighted by molar-refractivity contribution is 1.14. The highest BCUT2D eigenvalue weighted by Gasteiger charge is 2.20. The van der Waals surface area contributed by atoms with E-state index in [2.05, 4.69) is 167 Å². The molecule has 10 aromatic rings. The molecule has 2 heteroatoms. The Morgan fingerprint density at radius 2 is 0.818 bits per heavy atom. The van der Waals surface area contributed by atoms with Gasteiger partial charge in [-0.3, -0.25) is 0 Å². The minimum atomic E-state index is 1.15. The predicted octanol–water partition coefficient (Wildman–Crippen LogP) is 11.3. The Labute approximate surface area is 253 Å². The van der Waals surface area contributed by atoms with E-state index in [1.54, 1.807) is 0 Å². The molecule has 0 aliphatic rings. The van der Waals surface area contributed by atoms with Crippen molar-refractivity contribution >= 4 is 75.9 Å². The van der Waals surface area contributed by atoms with Crippen LogP contribution in [0.3, 0.4) is 0 Å². The van der Waals surface area contributed by atoms with Gasteiger partial charge in [-0.25, -0.2) is 0 Å². The lowest BCUT2D eigenvalue weighted by atomic mass is 9.93. The summed E-state index contributed by atoms with van der Waals surface area (Å²) in [6, 6.07) is 57.7. The lowest BCUT2D eigenvalue weighted by Crippen LogP contribution is -1.99. The van der Waals surface area contributed by atoms with Gasteiger partial charge in [0.25, 0.3) is 0 Å². The minimum absolute atomic E-state index is 1.15. The third-order valence-electron chi connectivity index (χ3n) is 9.45. The van der Waals surface area contributed by atoms with Crippen LogP contribution in [0.25, 0.3) is 87.3 Å². The van der Waals surface area contributed by atoms with Crippen LogP contribution in [0.4, 0.5) is 0 Å². The SMILES string of the molecule is c1cc(-n2c3ccccc3c3ccccc32)cc(-n2c3ccccc3c3c4c5ccccc5ccc4c4ccccc4c32)c1. The molecule has 2 aromatic heterocycles. The van der Waals surface area contributed by atoms with Crippen molar-refractivity contribution in [1.82, 2.24) is 9.13 Å². The fourth-order valence-electron chi connectivity index (χ4n) is 7.68. The van der Waals surface area contributed by atoms with Gasteiger partial charge in [-0.2, -0.15) is 0 Å². The summed E-state index contributed by atoms with van der Waals surface area (Å²) in [4.78, 5) is 0. The van der Waals surface area contributed by atoms with Crippen LogP contribution >= 0.6 is 0 Å². The van der Waals surface area contributed by atoms with Gasteiger partial charge in [0, 0.05) is 43.7 Å². The first kappa shape index (κ1) is 23.7. The molecule has 2 nitrogen and oxygen atoms in total. The van der Waals surface area contributed by atoms with Crippen molar-refractivity contribution in [3.8, 4) is 11.4 Å². The Balaban J connectivity index is 1.38. The molecule has 0 saturated carbocycles. The highest BCUT2D eigenvalue weighted by atomic mass is 15.0. The van der Waals surface area contributed by atoms with E-state index < -0.39 is 0 Å². The zero-order valence-electron chi connectivity index (χ0n) is 23.9. The van der Waals surface area contributed by atoms with Crippen LogP contribution in [0.15, 0.2) is 158 Å². The molecule has 204 valence electrons. The number of rotatable bonds is 2. The molecule has 0 saturated heterocycles. The number of hydrogen-bond acceptors (Lipinski definition) is 0. The highest BCUT2D eigenvalue weighted by Crippen LogP contribution is 2.45. The van der Waals surface area contributed by atoms with Gasteiger partial charge < -0.3 is 9.13 Å². The van der Waals surface area contributed by atoms with Crippen LogP contribution in [0, 0.1) is 0 Å². The molecule has 0 aliphatic carbocycles. The Kier molecular flexibility index (Phi) is 4.75. The molecule has 2 heterocycles. The standard InChI is InChI=1S/C42H26N2/c1-2-15-30-27(12-1)24-25-34-31-16-3-4-19-35(31)42-41(40(30)34)36-20-7-10-23-39(36)44(42)29-14-11-13-28(26-29)43-37-21-8-5-17-32(37)33-18-6-9-22-38(33)43/h1-26H. The van der Waals surface area contributed by atoms with Crippen molar-refractivity contribution in [1.29, 1.82) is 0 Å². The molecule has 10 rings (SSSR count). The van der Waals surface area contributed by atoms with E-state index in [9.17, 15) is 0 Å². The predicted molar refractivity (Wildman–Crippen MR) is 188 cm³/mol. The van der Waals surface area contributed by atoms with Gasteiger partial charge in [0.05, 0.1) is 22.1 Å². The quantitative estimate of drug-likeness (QED) is 0.187. The number of para-hydroxylation sites is 3. The Morgan fingerprint density at radius 1 is 0.295 bits per heavy atom. The van der Waals surface area contributed by atoms with Crippen LogP contribution in [0.5, 0.6) is 0 Å². The molecule has 0 amide bonds. The van der Waals surface area contributed by atoms with Crippen molar-refractivity contribution in [2.24, 2.45) is 0 Å². The maximum Gasteiger partial charge on any atom is 0.0626 e. The average Bonchev–Trinajstić information content (AvgIpc) is 3.62. The monoisotopic (exact) mass is 558 g/mol. The first-order valence-electron chi connectivity index (χ1n) is 15.2. The second-order valence-electron chi connectivity index (χ2n) is 11.7. The second-order valence-corrected chi connectivity index (χ2v) is 11.7. The smallest absolute Gasteiger partial charge is 0.0626 e. The van der Waals surface area contributed by atoms with Crippen LogP contribution < -0.4 is 0 Å². The third kappa shape index (κ3) is 3.09. The van der Waals surface area contributed by atoms with E-state index in [-0.39, 0.29) is 0 Å². The molecule has 0 N–H and O–H groups in total. The first-order valence-corrected chi connectivity index (χ1v) is 15.2. The first-order chi connectivity index (χ1) is 21.9. The number of hydrogen-bond donors (Lipinski definition) is 0. The summed E-state index contributed by atoms with van der Waals surface area (Å²) in [5, 5.41) is 12.9. The van der Waals surface area contributed by atoms with Gasteiger partial charge in [-0.05, 0) is 57.9 Å². The topological polar surface area (TPSA) is 9.86 Å². The summed E-state index contributed by atoms with van der Waals surface area (Å²) in [5.41, 5.74) is 7.21. The molecule has 0 radical (unpaired) electrons. The van der Waals surface area contributed by atoms with Gasteiger partial charge in [-0.1, -0.05) is 121 Å². The normalized spacial score (nSPS) is 12.1. The maximum atomic E-state index is 2.49. The van der Waals surface area contributed by atoms with Crippen molar-refractivity contribution in [2.45, 2.75) is 0 Å². The molecular weight excluding hydrogens is 532 g/mol. The Morgan fingerprint density at radius 3 is 1.52 bits per heavy atom. The Bertz CT molecular complexity index is 2720. The molecule has 44 heavy (non-hydrogen) atoms. The van der Waals surface area contributed by atoms with Crippen LogP contribution in [-0.2, 0) is 0 Å².